The van der Waals surface area contributed by atoms with Crippen LogP contribution >= 0.6 is 22.6 Å². The van der Waals surface area contributed by atoms with Crippen LogP contribution in [-0.4, -0.2) is 20.1 Å². The number of hydrogen-bond acceptors (Lipinski definition) is 3. The van der Waals surface area contributed by atoms with Gasteiger partial charge in [0.15, 0.2) is 0 Å². The van der Waals surface area contributed by atoms with Crippen molar-refractivity contribution in [3.63, 3.8) is 0 Å². The highest BCUT2D eigenvalue weighted by Gasteiger charge is 2.30. The van der Waals surface area contributed by atoms with Crippen molar-refractivity contribution >= 4 is 22.6 Å². The lowest BCUT2D eigenvalue weighted by Gasteiger charge is -2.24. The van der Waals surface area contributed by atoms with Crippen LogP contribution in [0.1, 0.15) is 18.2 Å². The van der Waals surface area contributed by atoms with E-state index in [0.29, 0.717) is 5.69 Å². The van der Waals surface area contributed by atoms with Crippen molar-refractivity contribution in [1.29, 1.82) is 0 Å². The van der Waals surface area contributed by atoms with E-state index in [9.17, 15) is 5.11 Å². The molecule has 0 radical (unpaired) electrons. The molecule has 1 unspecified atom stereocenters. The van der Waals surface area contributed by atoms with Gasteiger partial charge in [-0.05, 0) is 59.3 Å². The largest absolute Gasteiger partial charge is 0.379 e. The lowest BCUT2D eigenvalue weighted by atomic mass is 9.93. The van der Waals surface area contributed by atoms with Crippen LogP contribution in [0, 0.1) is 3.57 Å². The predicted octanol–water partition coefficient (Wildman–Crippen LogP) is 3.13. The van der Waals surface area contributed by atoms with E-state index in [1.807, 2.05) is 54.6 Å². The molecule has 0 aliphatic carbocycles. The van der Waals surface area contributed by atoms with E-state index in [1.165, 1.54) is 0 Å². The van der Waals surface area contributed by atoms with E-state index in [1.54, 1.807) is 17.8 Å². The summed E-state index contributed by atoms with van der Waals surface area (Å²) in [5.41, 5.74) is 1.15. The Balaban J connectivity index is 2.08. The number of halogens is 1. The normalized spacial score (nSPS) is 13.9. The average molecular weight is 391 g/mol. The second kappa shape index (κ2) is 5.57. The Kier molecular flexibility index (Phi) is 3.77. The van der Waals surface area contributed by atoms with Crippen LogP contribution in [0.4, 0.5) is 0 Å². The zero-order valence-corrected chi connectivity index (χ0v) is 13.6. The van der Waals surface area contributed by atoms with Crippen LogP contribution in [0.3, 0.4) is 0 Å². The summed E-state index contributed by atoms with van der Waals surface area (Å²) in [5.74, 6) is 0. The van der Waals surface area contributed by atoms with E-state index >= 15 is 0 Å². The minimum Gasteiger partial charge on any atom is -0.379 e. The quantitative estimate of drug-likeness (QED) is 0.699. The third-order valence-electron chi connectivity index (χ3n) is 3.46. The van der Waals surface area contributed by atoms with Crippen molar-refractivity contribution in [1.82, 2.24) is 15.0 Å². The Bertz CT molecular complexity index is 736. The van der Waals surface area contributed by atoms with Crippen molar-refractivity contribution in [2.24, 2.45) is 0 Å². The van der Waals surface area contributed by atoms with E-state index in [0.717, 1.165) is 14.8 Å². The van der Waals surface area contributed by atoms with Gasteiger partial charge < -0.3 is 5.11 Å². The summed E-state index contributed by atoms with van der Waals surface area (Å²) in [6, 6.07) is 17.5. The number of hydrogen-bond donors (Lipinski definition) is 1. The third kappa shape index (κ3) is 2.71. The van der Waals surface area contributed by atoms with Crippen LogP contribution < -0.4 is 0 Å². The molecule has 3 aromatic rings. The molecular weight excluding hydrogens is 377 g/mol. The van der Waals surface area contributed by atoms with Gasteiger partial charge in [-0.25, -0.2) is 4.68 Å². The molecule has 1 aromatic heterocycles. The van der Waals surface area contributed by atoms with Crippen LogP contribution in [0.5, 0.6) is 0 Å². The van der Waals surface area contributed by atoms with Crippen molar-refractivity contribution in [3.05, 3.63) is 75.6 Å². The maximum atomic E-state index is 11.0. The van der Waals surface area contributed by atoms with Gasteiger partial charge in [-0.2, -0.15) is 0 Å². The van der Waals surface area contributed by atoms with Gasteiger partial charge in [0.25, 0.3) is 0 Å². The van der Waals surface area contributed by atoms with Crippen LogP contribution in [0.15, 0.2) is 60.8 Å². The molecule has 2 aromatic carbocycles. The fourth-order valence-electron chi connectivity index (χ4n) is 2.25. The topological polar surface area (TPSA) is 50.9 Å². The number of benzene rings is 2. The summed E-state index contributed by atoms with van der Waals surface area (Å²) in [7, 11) is 0. The number of aromatic nitrogens is 3. The molecule has 0 aliphatic heterocycles. The predicted molar refractivity (Wildman–Crippen MR) is 89.2 cm³/mol. The van der Waals surface area contributed by atoms with Gasteiger partial charge in [-0.1, -0.05) is 35.5 Å². The molecule has 1 N–H and O–H groups in total. The van der Waals surface area contributed by atoms with Crippen molar-refractivity contribution in [2.75, 3.05) is 0 Å². The van der Waals surface area contributed by atoms with Crippen LogP contribution in [0.2, 0.25) is 0 Å². The molecule has 0 fully saturated rings. The summed E-state index contributed by atoms with van der Waals surface area (Å²) in [4.78, 5) is 0. The zero-order valence-electron chi connectivity index (χ0n) is 11.4. The monoisotopic (exact) mass is 391 g/mol. The second-order valence-electron chi connectivity index (χ2n) is 4.95. The van der Waals surface area contributed by atoms with Gasteiger partial charge in [0.05, 0.1) is 11.9 Å². The lowest BCUT2D eigenvalue weighted by Crippen LogP contribution is -2.26. The Morgan fingerprint density at radius 3 is 2.38 bits per heavy atom. The molecule has 5 heteroatoms. The molecule has 0 bridgehead atoms. The first kappa shape index (κ1) is 14.2. The van der Waals surface area contributed by atoms with E-state index in [-0.39, 0.29) is 0 Å². The Labute approximate surface area is 136 Å². The fraction of sp³-hybridized carbons (Fsp3) is 0.125. The molecule has 0 amide bonds. The van der Waals surface area contributed by atoms with Crippen LogP contribution in [-0.2, 0) is 5.60 Å². The fourth-order valence-corrected chi connectivity index (χ4v) is 2.61. The summed E-state index contributed by atoms with van der Waals surface area (Å²) >= 11 is 2.24. The second-order valence-corrected chi connectivity index (χ2v) is 6.19. The van der Waals surface area contributed by atoms with Crippen molar-refractivity contribution in [3.8, 4) is 5.69 Å². The lowest BCUT2D eigenvalue weighted by molar-refractivity contribution is 0.0945. The summed E-state index contributed by atoms with van der Waals surface area (Å²) in [5, 5.41) is 19.0. The van der Waals surface area contributed by atoms with Crippen molar-refractivity contribution in [2.45, 2.75) is 12.5 Å². The highest BCUT2D eigenvalue weighted by Crippen LogP contribution is 2.30. The smallest absolute Gasteiger partial charge is 0.130 e. The first-order chi connectivity index (χ1) is 10.1. The molecule has 0 saturated heterocycles. The van der Waals surface area contributed by atoms with Gasteiger partial charge in [-0.15, -0.1) is 5.10 Å². The molecule has 1 atom stereocenters. The summed E-state index contributed by atoms with van der Waals surface area (Å²) in [6.07, 6.45) is 1.60. The maximum Gasteiger partial charge on any atom is 0.130 e. The van der Waals surface area contributed by atoms with E-state index in [2.05, 4.69) is 32.9 Å². The maximum absolute atomic E-state index is 11.0. The van der Waals surface area contributed by atoms with Gasteiger partial charge in [0, 0.05) is 3.57 Å². The highest BCUT2D eigenvalue weighted by molar-refractivity contribution is 14.1. The number of nitrogens with zero attached hydrogens (tertiary/aromatic N) is 3. The molecule has 1 heterocycles. The number of para-hydroxylation sites is 1. The number of rotatable bonds is 3. The Hall–Kier alpha value is -1.73. The van der Waals surface area contributed by atoms with E-state index in [4.69, 9.17) is 0 Å². The summed E-state index contributed by atoms with van der Waals surface area (Å²) in [6.45, 7) is 1.76. The summed E-state index contributed by atoms with van der Waals surface area (Å²) < 4.78 is 2.79. The molecule has 4 nitrogen and oxygen atoms in total. The molecule has 3 rings (SSSR count). The molecule has 0 aliphatic rings. The third-order valence-corrected chi connectivity index (χ3v) is 4.17. The first-order valence-corrected chi connectivity index (χ1v) is 7.62. The molecular formula is C16H14IN3O. The molecule has 0 spiro atoms. The van der Waals surface area contributed by atoms with Gasteiger partial charge in [0.2, 0.25) is 0 Å². The molecule has 21 heavy (non-hydrogen) atoms. The first-order valence-electron chi connectivity index (χ1n) is 6.54. The van der Waals surface area contributed by atoms with Gasteiger partial charge in [-0.3, -0.25) is 0 Å². The van der Waals surface area contributed by atoms with E-state index < -0.39 is 5.60 Å². The minimum atomic E-state index is -1.16. The average Bonchev–Trinajstić information content (AvgIpc) is 2.99. The Morgan fingerprint density at radius 2 is 1.71 bits per heavy atom. The number of aliphatic hydroxyl groups is 1. The zero-order chi connectivity index (χ0) is 14.9. The minimum absolute atomic E-state index is 0.634. The standard InChI is InChI=1S/C16H14IN3O/c1-16(21,12-7-9-13(17)10-8-12)15-11-18-19-20(15)14-5-3-2-4-6-14/h2-11,21H,1H3. The molecule has 0 saturated carbocycles. The van der Waals surface area contributed by atoms with Gasteiger partial charge in [0.1, 0.15) is 11.3 Å². The highest BCUT2D eigenvalue weighted by atomic mass is 127. The van der Waals surface area contributed by atoms with Gasteiger partial charge >= 0.3 is 0 Å². The van der Waals surface area contributed by atoms with Crippen LogP contribution in [0.25, 0.3) is 5.69 Å². The SMILES string of the molecule is CC(O)(c1ccc(I)cc1)c1cnnn1-c1ccccc1. The van der Waals surface area contributed by atoms with Crippen molar-refractivity contribution < 1.29 is 5.11 Å². The Morgan fingerprint density at radius 1 is 1.05 bits per heavy atom. The molecule has 106 valence electrons.